The second-order valence-corrected chi connectivity index (χ2v) is 6.84. The highest BCUT2D eigenvalue weighted by atomic mass is 16.7. The number of hydrogen-bond donors (Lipinski definition) is 1. The summed E-state index contributed by atoms with van der Waals surface area (Å²) in [7, 11) is 0. The molecule has 1 aromatic heterocycles. The van der Waals surface area contributed by atoms with Crippen LogP contribution in [0.25, 0.3) is 0 Å². The topological polar surface area (TPSA) is 78.8 Å². The van der Waals surface area contributed by atoms with Crippen LogP contribution in [0.3, 0.4) is 0 Å². The number of pyridine rings is 1. The van der Waals surface area contributed by atoms with Crippen LogP contribution < -0.4 is 20.3 Å². The minimum Gasteiger partial charge on any atom is -0.454 e. The summed E-state index contributed by atoms with van der Waals surface area (Å²) >= 11 is 0. The molecule has 142 valence electrons. The molecule has 0 radical (unpaired) electrons. The normalized spacial score (nSPS) is 17.9. The van der Waals surface area contributed by atoms with Crippen molar-refractivity contribution in [2.75, 3.05) is 19.9 Å². The summed E-state index contributed by atoms with van der Waals surface area (Å²) in [5, 5.41) is 2.83. The molecule has 3 heterocycles. The Labute approximate surface area is 156 Å². The van der Waals surface area contributed by atoms with Crippen molar-refractivity contribution >= 4 is 5.91 Å². The molecule has 1 N–H and O–H groups in total. The van der Waals surface area contributed by atoms with Gasteiger partial charge in [-0.15, -0.1) is 0 Å². The van der Waals surface area contributed by atoms with Crippen LogP contribution in [0.15, 0.2) is 35.3 Å². The summed E-state index contributed by atoms with van der Waals surface area (Å²) in [5.41, 5.74) is 1.43. The average molecular weight is 370 g/mol. The number of carbonyl (C=O) groups is 1. The molecule has 1 amide bonds. The van der Waals surface area contributed by atoms with Crippen molar-refractivity contribution in [2.45, 2.75) is 32.4 Å². The van der Waals surface area contributed by atoms with Gasteiger partial charge in [-0.3, -0.25) is 9.59 Å². The minimum absolute atomic E-state index is 0.0360. The fraction of sp³-hybridized carbons (Fsp3) is 0.400. The predicted octanol–water partition coefficient (Wildman–Crippen LogP) is 1.84. The van der Waals surface area contributed by atoms with Gasteiger partial charge in [0.2, 0.25) is 6.79 Å². The Bertz CT molecular complexity index is 915. The fourth-order valence-corrected chi connectivity index (χ4v) is 3.40. The maximum absolute atomic E-state index is 12.9. The third-order valence-corrected chi connectivity index (χ3v) is 4.90. The first kappa shape index (κ1) is 17.6. The van der Waals surface area contributed by atoms with Crippen LogP contribution in [0.4, 0.5) is 0 Å². The van der Waals surface area contributed by atoms with Gasteiger partial charge in [-0.25, -0.2) is 0 Å². The molecule has 0 saturated carbocycles. The van der Waals surface area contributed by atoms with E-state index < -0.39 is 0 Å². The van der Waals surface area contributed by atoms with Crippen molar-refractivity contribution in [1.29, 1.82) is 0 Å². The Balaban J connectivity index is 1.53. The van der Waals surface area contributed by atoms with Crippen LogP contribution in [-0.2, 0) is 11.3 Å². The molecule has 1 fully saturated rings. The van der Waals surface area contributed by atoms with Crippen molar-refractivity contribution in [1.82, 2.24) is 9.88 Å². The number of fused-ring (bicyclic) bond motifs is 1. The van der Waals surface area contributed by atoms with Crippen molar-refractivity contribution in [3.8, 4) is 11.5 Å². The van der Waals surface area contributed by atoms with Crippen molar-refractivity contribution < 1.29 is 19.0 Å². The molecule has 1 saturated heterocycles. The van der Waals surface area contributed by atoms with E-state index in [1.807, 2.05) is 18.2 Å². The molecule has 4 rings (SSSR count). The van der Waals surface area contributed by atoms with Crippen LogP contribution in [0.1, 0.15) is 34.3 Å². The van der Waals surface area contributed by atoms with E-state index in [0.717, 1.165) is 25.0 Å². The fourth-order valence-electron chi connectivity index (χ4n) is 3.40. The Morgan fingerprint density at radius 2 is 2.11 bits per heavy atom. The molecule has 0 aliphatic carbocycles. The van der Waals surface area contributed by atoms with Crippen molar-refractivity contribution in [3.63, 3.8) is 0 Å². The number of rotatable bonds is 5. The number of aryl methyl sites for hydroxylation is 1. The number of hydrogen-bond acceptors (Lipinski definition) is 5. The van der Waals surface area contributed by atoms with E-state index in [2.05, 4.69) is 5.32 Å². The standard InChI is InChI=1S/C20H22N2O5/c1-13-6-7-22(11-14-4-5-16-17(9-14)27-12-26-16)20(24)18(13)19(23)21-10-15-3-2-8-25-15/h4-7,9,15H,2-3,8,10-12H2,1H3,(H,21,23). The van der Waals surface area contributed by atoms with E-state index in [1.165, 1.54) is 4.57 Å². The van der Waals surface area contributed by atoms with Gasteiger partial charge in [0.15, 0.2) is 11.5 Å². The van der Waals surface area contributed by atoms with Crippen LogP contribution in [0, 0.1) is 6.92 Å². The first-order chi connectivity index (χ1) is 13.1. The SMILES string of the molecule is Cc1ccn(Cc2ccc3c(c2)OCO3)c(=O)c1C(=O)NCC1CCCO1. The second-order valence-electron chi connectivity index (χ2n) is 6.84. The van der Waals surface area contributed by atoms with E-state index in [1.54, 1.807) is 19.2 Å². The van der Waals surface area contributed by atoms with Gasteiger partial charge in [0, 0.05) is 19.3 Å². The monoisotopic (exact) mass is 370 g/mol. The number of aromatic nitrogens is 1. The lowest BCUT2D eigenvalue weighted by atomic mass is 10.1. The molecule has 0 bridgehead atoms. The minimum atomic E-state index is -0.354. The lowest BCUT2D eigenvalue weighted by Gasteiger charge is -2.13. The number of benzene rings is 1. The van der Waals surface area contributed by atoms with E-state index >= 15 is 0 Å². The van der Waals surface area contributed by atoms with Crippen LogP contribution in [0.2, 0.25) is 0 Å². The van der Waals surface area contributed by atoms with E-state index in [4.69, 9.17) is 14.2 Å². The summed E-state index contributed by atoms with van der Waals surface area (Å²) in [4.78, 5) is 25.5. The largest absolute Gasteiger partial charge is 0.454 e. The zero-order valence-electron chi connectivity index (χ0n) is 15.2. The molecule has 2 aromatic rings. The molecular formula is C20H22N2O5. The summed E-state index contributed by atoms with van der Waals surface area (Å²) in [5.74, 6) is 1.01. The third kappa shape index (κ3) is 3.68. The summed E-state index contributed by atoms with van der Waals surface area (Å²) < 4.78 is 17.7. The molecular weight excluding hydrogens is 348 g/mol. The number of carbonyl (C=O) groups excluding carboxylic acids is 1. The Hall–Kier alpha value is -2.80. The molecule has 1 aromatic carbocycles. The van der Waals surface area contributed by atoms with Crippen molar-refractivity contribution in [2.24, 2.45) is 0 Å². The van der Waals surface area contributed by atoms with Gasteiger partial charge in [-0.1, -0.05) is 6.07 Å². The molecule has 1 atom stereocenters. The van der Waals surface area contributed by atoms with E-state index in [0.29, 0.717) is 30.2 Å². The van der Waals surface area contributed by atoms with Gasteiger partial charge in [0.05, 0.1) is 12.6 Å². The van der Waals surface area contributed by atoms with E-state index in [9.17, 15) is 9.59 Å². The summed E-state index contributed by atoms with van der Waals surface area (Å²) in [6.07, 6.45) is 3.68. The molecule has 2 aliphatic heterocycles. The summed E-state index contributed by atoms with van der Waals surface area (Å²) in [6.45, 7) is 3.48. The number of amides is 1. The van der Waals surface area contributed by atoms with Crippen molar-refractivity contribution in [3.05, 3.63) is 57.5 Å². The lowest BCUT2D eigenvalue weighted by Crippen LogP contribution is -2.37. The van der Waals surface area contributed by atoms with Crippen LogP contribution in [-0.4, -0.2) is 36.5 Å². The quantitative estimate of drug-likeness (QED) is 0.869. The Morgan fingerprint density at radius 1 is 1.26 bits per heavy atom. The summed E-state index contributed by atoms with van der Waals surface area (Å²) in [6, 6.07) is 7.35. The van der Waals surface area contributed by atoms with Gasteiger partial charge < -0.3 is 24.1 Å². The lowest BCUT2D eigenvalue weighted by molar-refractivity contribution is 0.0855. The van der Waals surface area contributed by atoms with Gasteiger partial charge in [0.1, 0.15) is 5.56 Å². The molecule has 2 aliphatic rings. The number of nitrogens with one attached hydrogen (secondary N) is 1. The third-order valence-electron chi connectivity index (χ3n) is 4.90. The number of ether oxygens (including phenoxy) is 3. The van der Waals surface area contributed by atoms with Gasteiger partial charge in [0.25, 0.3) is 11.5 Å². The Kier molecular flexibility index (Phi) is 4.85. The zero-order valence-corrected chi connectivity index (χ0v) is 15.2. The maximum atomic E-state index is 12.9. The van der Waals surface area contributed by atoms with Gasteiger partial charge in [-0.2, -0.15) is 0 Å². The second kappa shape index (κ2) is 7.44. The predicted molar refractivity (Wildman–Crippen MR) is 98.4 cm³/mol. The molecule has 27 heavy (non-hydrogen) atoms. The molecule has 7 nitrogen and oxygen atoms in total. The first-order valence-electron chi connectivity index (χ1n) is 9.10. The van der Waals surface area contributed by atoms with Crippen LogP contribution >= 0.6 is 0 Å². The average Bonchev–Trinajstić information content (AvgIpc) is 3.33. The molecule has 1 unspecified atom stereocenters. The molecule has 0 spiro atoms. The first-order valence-corrected chi connectivity index (χ1v) is 9.10. The maximum Gasteiger partial charge on any atom is 0.263 e. The van der Waals surface area contributed by atoms with Gasteiger partial charge in [-0.05, 0) is 49.1 Å². The molecule has 7 heteroatoms. The highest BCUT2D eigenvalue weighted by molar-refractivity contribution is 5.95. The highest BCUT2D eigenvalue weighted by Gasteiger charge is 2.20. The Morgan fingerprint density at radius 3 is 2.93 bits per heavy atom. The zero-order chi connectivity index (χ0) is 18.8. The number of nitrogens with zero attached hydrogens (tertiary/aromatic N) is 1. The highest BCUT2D eigenvalue weighted by Crippen LogP contribution is 2.32. The smallest absolute Gasteiger partial charge is 0.263 e. The van der Waals surface area contributed by atoms with Gasteiger partial charge >= 0.3 is 0 Å². The van der Waals surface area contributed by atoms with Crippen LogP contribution in [0.5, 0.6) is 11.5 Å². The van der Waals surface area contributed by atoms with E-state index in [-0.39, 0.29) is 29.9 Å².